The third kappa shape index (κ3) is 4.37. The van der Waals surface area contributed by atoms with Gasteiger partial charge in [-0.2, -0.15) is 5.10 Å². The molecule has 0 bridgehead atoms. The summed E-state index contributed by atoms with van der Waals surface area (Å²) in [6, 6.07) is 10.5. The smallest absolute Gasteiger partial charge is 0.346 e. The molecule has 0 spiro atoms. The number of rotatable bonds is 6. The van der Waals surface area contributed by atoms with Gasteiger partial charge in [0.15, 0.2) is 0 Å². The maximum atomic E-state index is 12.9. The third-order valence-corrected chi connectivity index (χ3v) is 5.82. The molecule has 2 aliphatic heterocycles. The summed E-state index contributed by atoms with van der Waals surface area (Å²) < 4.78 is 9.46. The van der Waals surface area contributed by atoms with Crippen molar-refractivity contribution in [1.29, 1.82) is 0 Å². The molecule has 1 atom stereocenters. The number of piperidine rings is 1. The first-order valence-electron chi connectivity index (χ1n) is 10.5. The lowest BCUT2D eigenvalue weighted by Crippen LogP contribution is -2.45. The number of benzene rings is 1. The summed E-state index contributed by atoms with van der Waals surface area (Å²) in [7, 11) is 0. The zero-order chi connectivity index (χ0) is 19.3. The van der Waals surface area contributed by atoms with E-state index in [0.717, 1.165) is 51.4 Å². The quantitative estimate of drug-likeness (QED) is 0.815. The van der Waals surface area contributed by atoms with Gasteiger partial charge in [0.05, 0.1) is 19.3 Å². The SMILES string of the molecule is CCn1c(C2CCNCC2)nn(C[C@H]2CN(Cc3ccccc3)CCO2)c1=O. The van der Waals surface area contributed by atoms with Gasteiger partial charge in [0.1, 0.15) is 5.82 Å². The van der Waals surface area contributed by atoms with Crippen LogP contribution in [0.4, 0.5) is 0 Å². The predicted molar refractivity (Wildman–Crippen MR) is 108 cm³/mol. The minimum Gasteiger partial charge on any atom is -0.374 e. The van der Waals surface area contributed by atoms with Crippen LogP contribution in [0, 0.1) is 0 Å². The molecule has 4 rings (SSSR count). The van der Waals surface area contributed by atoms with Crippen molar-refractivity contribution >= 4 is 0 Å². The van der Waals surface area contributed by atoms with E-state index >= 15 is 0 Å². The summed E-state index contributed by atoms with van der Waals surface area (Å²) >= 11 is 0. The first kappa shape index (κ1) is 19.4. The first-order valence-corrected chi connectivity index (χ1v) is 10.5. The number of aromatic nitrogens is 3. The largest absolute Gasteiger partial charge is 0.374 e. The lowest BCUT2D eigenvalue weighted by molar-refractivity contribution is -0.0407. The highest BCUT2D eigenvalue weighted by Gasteiger charge is 2.26. The van der Waals surface area contributed by atoms with Crippen LogP contribution in [0.15, 0.2) is 35.1 Å². The predicted octanol–water partition coefficient (Wildman–Crippen LogP) is 1.43. The Morgan fingerprint density at radius 1 is 1.21 bits per heavy atom. The Morgan fingerprint density at radius 2 is 2.00 bits per heavy atom. The van der Waals surface area contributed by atoms with E-state index in [0.29, 0.717) is 25.6 Å². The number of hydrogen-bond donors (Lipinski definition) is 1. The van der Waals surface area contributed by atoms with Gasteiger partial charge in [-0.15, -0.1) is 0 Å². The van der Waals surface area contributed by atoms with Crippen LogP contribution < -0.4 is 11.0 Å². The molecular weight excluding hydrogens is 354 g/mol. The molecule has 0 unspecified atom stereocenters. The molecule has 7 nitrogen and oxygen atoms in total. The average molecular weight is 386 g/mol. The summed E-state index contributed by atoms with van der Waals surface area (Å²) in [5.41, 5.74) is 1.31. The number of nitrogens with one attached hydrogen (secondary N) is 1. The molecule has 28 heavy (non-hydrogen) atoms. The van der Waals surface area contributed by atoms with Crippen LogP contribution in [-0.2, 0) is 24.4 Å². The van der Waals surface area contributed by atoms with Gasteiger partial charge in [0, 0.05) is 32.1 Å². The maximum Gasteiger partial charge on any atom is 0.346 e. The Balaban J connectivity index is 1.44. The normalized spacial score (nSPS) is 21.8. The Morgan fingerprint density at radius 3 is 2.75 bits per heavy atom. The Bertz CT molecular complexity index is 810. The molecule has 2 fully saturated rings. The highest BCUT2D eigenvalue weighted by molar-refractivity contribution is 5.14. The van der Waals surface area contributed by atoms with Crippen molar-refractivity contribution in [2.45, 2.75) is 51.4 Å². The molecule has 3 heterocycles. The zero-order valence-corrected chi connectivity index (χ0v) is 16.7. The topological polar surface area (TPSA) is 64.3 Å². The number of nitrogens with zero attached hydrogens (tertiary/aromatic N) is 4. The van der Waals surface area contributed by atoms with E-state index in [-0.39, 0.29) is 11.8 Å². The molecule has 2 saturated heterocycles. The van der Waals surface area contributed by atoms with Crippen LogP contribution in [0.1, 0.15) is 37.1 Å². The maximum absolute atomic E-state index is 12.9. The number of morpholine rings is 1. The van der Waals surface area contributed by atoms with Crippen molar-refractivity contribution in [3.05, 3.63) is 52.2 Å². The first-order chi connectivity index (χ1) is 13.7. The molecule has 2 aromatic rings. The fourth-order valence-corrected chi connectivity index (χ4v) is 4.33. The minimum absolute atomic E-state index is 0.000171. The van der Waals surface area contributed by atoms with Gasteiger partial charge < -0.3 is 10.1 Å². The highest BCUT2D eigenvalue weighted by Crippen LogP contribution is 2.22. The molecule has 0 radical (unpaired) electrons. The van der Waals surface area contributed by atoms with Gasteiger partial charge in [-0.3, -0.25) is 9.47 Å². The molecule has 7 heteroatoms. The third-order valence-electron chi connectivity index (χ3n) is 5.82. The number of ether oxygens (including phenoxy) is 1. The van der Waals surface area contributed by atoms with Gasteiger partial charge in [0.25, 0.3) is 0 Å². The second-order valence-electron chi connectivity index (χ2n) is 7.80. The molecule has 0 aliphatic carbocycles. The lowest BCUT2D eigenvalue weighted by atomic mass is 9.97. The van der Waals surface area contributed by atoms with Crippen LogP contribution in [0.3, 0.4) is 0 Å². The van der Waals surface area contributed by atoms with E-state index in [4.69, 9.17) is 9.84 Å². The Labute approximate surface area is 166 Å². The molecule has 0 saturated carbocycles. The second kappa shape index (κ2) is 9.03. The van der Waals surface area contributed by atoms with Crippen LogP contribution in [-0.4, -0.2) is 58.1 Å². The Hall–Kier alpha value is -1.96. The van der Waals surface area contributed by atoms with Crippen molar-refractivity contribution in [3.8, 4) is 0 Å². The lowest BCUT2D eigenvalue weighted by Gasteiger charge is -2.32. The van der Waals surface area contributed by atoms with Crippen molar-refractivity contribution < 1.29 is 4.74 Å². The second-order valence-corrected chi connectivity index (χ2v) is 7.80. The monoisotopic (exact) mass is 385 g/mol. The number of hydrogen-bond acceptors (Lipinski definition) is 5. The molecule has 1 aromatic heterocycles. The molecule has 0 amide bonds. The van der Waals surface area contributed by atoms with Crippen molar-refractivity contribution in [1.82, 2.24) is 24.6 Å². The van der Waals surface area contributed by atoms with Gasteiger partial charge in [-0.25, -0.2) is 9.48 Å². The Kier molecular flexibility index (Phi) is 6.24. The molecule has 152 valence electrons. The fourth-order valence-electron chi connectivity index (χ4n) is 4.33. The molecule has 2 aliphatic rings. The van der Waals surface area contributed by atoms with E-state index in [2.05, 4.69) is 34.5 Å². The summed E-state index contributed by atoms with van der Waals surface area (Å²) in [6.07, 6.45) is 2.08. The molecular formula is C21H31N5O2. The van der Waals surface area contributed by atoms with E-state index in [1.807, 2.05) is 17.6 Å². The fraction of sp³-hybridized carbons (Fsp3) is 0.619. The summed E-state index contributed by atoms with van der Waals surface area (Å²) in [6.45, 7) is 8.56. The summed E-state index contributed by atoms with van der Waals surface area (Å²) in [4.78, 5) is 15.3. The van der Waals surface area contributed by atoms with Crippen molar-refractivity contribution in [2.75, 3.05) is 32.8 Å². The zero-order valence-electron chi connectivity index (χ0n) is 16.7. The van der Waals surface area contributed by atoms with Crippen molar-refractivity contribution in [2.24, 2.45) is 0 Å². The minimum atomic E-state index is -0.00348. The van der Waals surface area contributed by atoms with E-state index in [1.165, 1.54) is 5.56 Å². The molecule has 1 aromatic carbocycles. The summed E-state index contributed by atoms with van der Waals surface area (Å²) in [5.74, 6) is 1.32. The van der Waals surface area contributed by atoms with Crippen LogP contribution in [0.5, 0.6) is 0 Å². The van der Waals surface area contributed by atoms with Crippen LogP contribution in [0.2, 0.25) is 0 Å². The highest BCUT2D eigenvalue weighted by atomic mass is 16.5. The van der Waals surface area contributed by atoms with E-state index in [1.54, 1.807) is 4.68 Å². The van der Waals surface area contributed by atoms with Gasteiger partial charge in [-0.05, 0) is 38.4 Å². The van der Waals surface area contributed by atoms with Gasteiger partial charge in [-0.1, -0.05) is 30.3 Å². The molecule has 1 N–H and O–H groups in total. The van der Waals surface area contributed by atoms with Crippen LogP contribution in [0.25, 0.3) is 0 Å². The van der Waals surface area contributed by atoms with Gasteiger partial charge >= 0.3 is 5.69 Å². The summed E-state index contributed by atoms with van der Waals surface area (Å²) in [5, 5.41) is 8.13. The average Bonchev–Trinajstić information content (AvgIpc) is 3.05. The van der Waals surface area contributed by atoms with Crippen LogP contribution >= 0.6 is 0 Å². The van der Waals surface area contributed by atoms with E-state index in [9.17, 15) is 4.79 Å². The van der Waals surface area contributed by atoms with E-state index < -0.39 is 0 Å². The standard InChI is InChI=1S/C21H31N5O2/c1-2-25-20(18-8-10-22-11-9-18)23-26(21(25)27)16-19-15-24(12-13-28-19)14-17-6-4-3-5-7-17/h3-7,18-19,22H,2,8-16H2,1H3/t19-/m1/s1. The van der Waals surface area contributed by atoms with Gasteiger partial charge in [0.2, 0.25) is 0 Å². The van der Waals surface area contributed by atoms with Crippen molar-refractivity contribution in [3.63, 3.8) is 0 Å².